The van der Waals surface area contributed by atoms with Crippen LogP contribution in [0.5, 0.6) is 0 Å². The maximum absolute atomic E-state index is 13.0. The minimum Gasteiger partial charge on any atom is -0.388 e. The van der Waals surface area contributed by atoms with Crippen LogP contribution in [0.15, 0.2) is 42.0 Å². The van der Waals surface area contributed by atoms with Gasteiger partial charge in [-0.2, -0.15) is 0 Å². The van der Waals surface area contributed by atoms with Crippen molar-refractivity contribution in [2.24, 2.45) is 46.3 Å². The summed E-state index contributed by atoms with van der Waals surface area (Å²) >= 11 is 0. The molecule has 0 aliphatic heterocycles. The minimum absolute atomic E-state index is 0.0959. The van der Waals surface area contributed by atoms with Crippen molar-refractivity contribution in [1.82, 2.24) is 4.72 Å². The third kappa shape index (κ3) is 5.99. The molecule has 8 atom stereocenters. The van der Waals surface area contributed by atoms with Gasteiger partial charge in [0.15, 0.2) is 0 Å². The summed E-state index contributed by atoms with van der Waals surface area (Å²) in [7, 11) is -3.59. The number of benzene rings is 1. The fourth-order valence-electron chi connectivity index (χ4n) is 10.1. The summed E-state index contributed by atoms with van der Waals surface area (Å²) < 4.78 is 28.7. The lowest BCUT2D eigenvalue weighted by Crippen LogP contribution is -2.54. The lowest BCUT2D eigenvalue weighted by Gasteiger charge is -2.59. The van der Waals surface area contributed by atoms with Crippen molar-refractivity contribution in [2.45, 2.75) is 117 Å². The Hall–Kier alpha value is -1.17. The van der Waals surface area contributed by atoms with Gasteiger partial charge in [0, 0.05) is 6.54 Å². The van der Waals surface area contributed by atoms with Crippen LogP contribution in [0, 0.1) is 46.3 Å². The molecule has 1 aromatic rings. The molecule has 2 N–H and O–H groups in total. The molecule has 3 saturated carbocycles. The smallest absolute Gasteiger partial charge is 0.214 e. The number of hydrogen-bond donors (Lipinski definition) is 2. The number of sulfonamides is 1. The standard InChI is InChI=1S/C35H55NO3S/c1-25(2)10-9-11-26(3)30-16-17-31-29-15-14-28-22-35(37,21-20-33(28,4)32(29)18-19-34(30,31)5)24-40(38,39)36-23-27-12-7-6-8-13-27/h6-8,12-14,25-26,29-32,36-37H,9-11,15-24H2,1-5H3/t26-,29+,30-,31+,32+,33+,34-,35-/m1/s1. The molecule has 4 aliphatic carbocycles. The Labute approximate surface area is 244 Å². The molecule has 0 saturated heterocycles. The van der Waals surface area contributed by atoms with Crippen LogP contribution in [0.2, 0.25) is 0 Å². The van der Waals surface area contributed by atoms with Crippen molar-refractivity contribution in [3.05, 3.63) is 47.5 Å². The van der Waals surface area contributed by atoms with Crippen LogP contribution in [0.25, 0.3) is 0 Å². The highest BCUT2D eigenvalue weighted by atomic mass is 32.2. The fourth-order valence-corrected chi connectivity index (χ4v) is 11.5. The average molecular weight is 570 g/mol. The number of hydrogen-bond acceptors (Lipinski definition) is 3. The Balaban J connectivity index is 1.25. The molecule has 224 valence electrons. The predicted octanol–water partition coefficient (Wildman–Crippen LogP) is 7.88. The molecule has 0 aromatic heterocycles. The van der Waals surface area contributed by atoms with Crippen molar-refractivity contribution in [3.8, 4) is 0 Å². The highest BCUT2D eigenvalue weighted by Gasteiger charge is 2.60. The van der Waals surface area contributed by atoms with Crippen LogP contribution in [0.1, 0.15) is 111 Å². The number of fused-ring (bicyclic) bond motifs is 5. The topological polar surface area (TPSA) is 66.4 Å². The van der Waals surface area contributed by atoms with Gasteiger partial charge >= 0.3 is 0 Å². The monoisotopic (exact) mass is 569 g/mol. The van der Waals surface area contributed by atoms with Crippen LogP contribution < -0.4 is 4.72 Å². The van der Waals surface area contributed by atoms with E-state index < -0.39 is 15.6 Å². The third-order valence-corrected chi connectivity index (χ3v) is 13.8. The summed E-state index contributed by atoms with van der Waals surface area (Å²) in [5.41, 5.74) is 1.64. The molecule has 0 spiro atoms. The highest BCUT2D eigenvalue weighted by molar-refractivity contribution is 7.89. The molecule has 3 fully saturated rings. The normalized spacial score (nSPS) is 38.3. The number of rotatable bonds is 10. The predicted molar refractivity (Wildman–Crippen MR) is 165 cm³/mol. The van der Waals surface area contributed by atoms with Gasteiger partial charge in [0.1, 0.15) is 0 Å². The maximum Gasteiger partial charge on any atom is 0.214 e. The second-order valence-electron chi connectivity index (χ2n) is 15.3. The van der Waals surface area contributed by atoms with E-state index >= 15 is 0 Å². The number of nitrogens with one attached hydrogen (secondary N) is 1. The molecule has 5 rings (SSSR count). The summed E-state index contributed by atoms with van der Waals surface area (Å²) in [6.45, 7) is 12.6. The molecule has 4 aliphatic rings. The van der Waals surface area contributed by atoms with Gasteiger partial charge in [-0.3, -0.25) is 0 Å². The van der Waals surface area contributed by atoms with E-state index in [4.69, 9.17) is 0 Å². The molecule has 5 heteroatoms. The summed E-state index contributed by atoms with van der Waals surface area (Å²) in [4.78, 5) is 0. The summed E-state index contributed by atoms with van der Waals surface area (Å²) in [5, 5.41) is 11.6. The second-order valence-corrected chi connectivity index (χ2v) is 17.1. The quantitative estimate of drug-likeness (QED) is 0.282. The molecule has 40 heavy (non-hydrogen) atoms. The number of aliphatic hydroxyl groups is 1. The van der Waals surface area contributed by atoms with Gasteiger partial charge in [-0.1, -0.05) is 95.9 Å². The third-order valence-electron chi connectivity index (χ3n) is 12.3. The first-order valence-corrected chi connectivity index (χ1v) is 17.9. The van der Waals surface area contributed by atoms with E-state index in [-0.39, 0.29) is 17.7 Å². The second kappa shape index (κ2) is 11.5. The lowest BCUT2D eigenvalue weighted by molar-refractivity contribution is -0.0699. The molecule has 0 unspecified atom stereocenters. The molecule has 0 radical (unpaired) electrons. The van der Waals surface area contributed by atoms with Gasteiger partial charge in [0.2, 0.25) is 10.0 Å². The van der Waals surface area contributed by atoms with Gasteiger partial charge in [0.05, 0.1) is 11.4 Å². The van der Waals surface area contributed by atoms with E-state index in [9.17, 15) is 13.5 Å². The summed E-state index contributed by atoms with van der Waals surface area (Å²) in [5.74, 6) is 4.47. The number of allylic oxidation sites excluding steroid dienone is 1. The molecular formula is C35H55NO3S. The molecule has 0 bridgehead atoms. The maximum atomic E-state index is 13.0. The first-order chi connectivity index (χ1) is 18.9. The Bertz CT molecular complexity index is 1160. The van der Waals surface area contributed by atoms with Crippen LogP contribution in [0.4, 0.5) is 0 Å². The highest BCUT2D eigenvalue weighted by Crippen LogP contribution is 2.67. The van der Waals surface area contributed by atoms with E-state index in [1.54, 1.807) is 0 Å². The Kier molecular flexibility index (Phi) is 8.70. The fraction of sp³-hybridized carbons (Fsp3) is 0.771. The van der Waals surface area contributed by atoms with E-state index in [2.05, 4.69) is 45.4 Å². The van der Waals surface area contributed by atoms with Crippen LogP contribution >= 0.6 is 0 Å². The molecule has 0 heterocycles. The SMILES string of the molecule is CC(C)CCC[C@@H](C)[C@H]1CC[C@H]2[C@@H]3CC=C4C[C@@](O)(CS(=O)(=O)NCc5ccccc5)CC[C@]4(C)[C@H]3CC[C@]12C. The Morgan fingerprint density at radius 2 is 1.73 bits per heavy atom. The van der Waals surface area contributed by atoms with Crippen molar-refractivity contribution < 1.29 is 13.5 Å². The average Bonchev–Trinajstić information content (AvgIpc) is 3.25. The van der Waals surface area contributed by atoms with Gasteiger partial charge in [-0.05, 0) is 103 Å². The van der Waals surface area contributed by atoms with Crippen molar-refractivity contribution in [3.63, 3.8) is 0 Å². The largest absolute Gasteiger partial charge is 0.388 e. The minimum atomic E-state index is -3.59. The van der Waals surface area contributed by atoms with E-state index in [1.807, 2.05) is 30.3 Å². The van der Waals surface area contributed by atoms with Crippen molar-refractivity contribution >= 4 is 10.0 Å². The molecule has 4 nitrogen and oxygen atoms in total. The van der Waals surface area contributed by atoms with Crippen LogP contribution in [-0.4, -0.2) is 24.9 Å². The van der Waals surface area contributed by atoms with Gasteiger partial charge in [0.25, 0.3) is 0 Å². The summed E-state index contributed by atoms with van der Waals surface area (Å²) in [6, 6.07) is 9.59. The summed E-state index contributed by atoms with van der Waals surface area (Å²) in [6.07, 6.45) is 15.0. The van der Waals surface area contributed by atoms with Crippen molar-refractivity contribution in [1.29, 1.82) is 0 Å². The van der Waals surface area contributed by atoms with Crippen LogP contribution in [-0.2, 0) is 16.6 Å². The molecule has 0 amide bonds. The first-order valence-electron chi connectivity index (χ1n) is 16.3. The van der Waals surface area contributed by atoms with Crippen LogP contribution in [0.3, 0.4) is 0 Å². The first kappa shape index (κ1) is 30.3. The van der Waals surface area contributed by atoms with Crippen molar-refractivity contribution in [2.75, 3.05) is 5.75 Å². The van der Waals surface area contributed by atoms with Gasteiger partial charge in [-0.15, -0.1) is 0 Å². The molecule has 1 aromatic carbocycles. The zero-order valence-corrected chi connectivity index (χ0v) is 26.6. The molecular weight excluding hydrogens is 514 g/mol. The Morgan fingerprint density at radius 1 is 0.975 bits per heavy atom. The van der Waals surface area contributed by atoms with E-state index in [1.165, 1.54) is 50.5 Å². The zero-order valence-electron chi connectivity index (χ0n) is 25.8. The van der Waals surface area contributed by atoms with E-state index in [0.29, 0.717) is 24.2 Å². The Morgan fingerprint density at radius 3 is 2.45 bits per heavy atom. The van der Waals surface area contributed by atoms with E-state index in [0.717, 1.165) is 48.0 Å². The van der Waals surface area contributed by atoms with Gasteiger partial charge < -0.3 is 5.11 Å². The zero-order chi connectivity index (χ0) is 28.8. The van der Waals surface area contributed by atoms with Gasteiger partial charge in [-0.25, -0.2) is 13.1 Å². The lowest BCUT2D eigenvalue weighted by atomic mass is 9.46.